The minimum atomic E-state index is -0.122. The van der Waals surface area contributed by atoms with Crippen molar-refractivity contribution in [2.45, 2.75) is 45.1 Å². The Morgan fingerprint density at radius 3 is 2.50 bits per heavy atom. The average molecular weight is 165 g/mol. The van der Waals surface area contributed by atoms with E-state index in [9.17, 15) is 0 Å². The molecule has 68 valence electrons. The predicted octanol–water partition coefficient (Wildman–Crippen LogP) is 2.18. The molecular weight excluding hydrogens is 146 g/mol. The molecule has 0 heterocycles. The van der Waals surface area contributed by atoms with E-state index < -0.39 is 0 Å². The van der Waals surface area contributed by atoms with Crippen molar-refractivity contribution in [3.05, 3.63) is 0 Å². The van der Waals surface area contributed by atoms with E-state index in [0.717, 1.165) is 12.5 Å². The van der Waals surface area contributed by atoms with Gasteiger partial charge in [-0.25, -0.2) is 0 Å². The first-order valence-electron chi connectivity index (χ1n) is 4.87. The molecule has 0 amide bonds. The largest absolute Gasteiger partial charge is 0.301 e. The van der Waals surface area contributed by atoms with Crippen molar-refractivity contribution in [1.82, 2.24) is 5.32 Å². The third-order valence-corrected chi connectivity index (χ3v) is 2.67. The number of rotatable bonds is 3. The fraction of sp³-hybridized carbons (Fsp3) is 0.818. The van der Waals surface area contributed by atoms with Crippen molar-refractivity contribution in [3.63, 3.8) is 0 Å². The van der Waals surface area contributed by atoms with E-state index >= 15 is 0 Å². The van der Waals surface area contributed by atoms with Gasteiger partial charge in [-0.1, -0.05) is 18.8 Å². The molecule has 1 rings (SSSR count). The van der Waals surface area contributed by atoms with Crippen LogP contribution in [0.5, 0.6) is 0 Å². The van der Waals surface area contributed by atoms with Crippen LogP contribution >= 0.6 is 0 Å². The second kappa shape index (κ2) is 3.96. The summed E-state index contributed by atoms with van der Waals surface area (Å²) < 4.78 is 0. The molecule has 12 heavy (non-hydrogen) atoms. The highest BCUT2D eigenvalue weighted by molar-refractivity contribution is 5.07. The van der Waals surface area contributed by atoms with E-state index in [4.69, 9.17) is 6.42 Å². The zero-order valence-electron chi connectivity index (χ0n) is 8.19. The summed E-state index contributed by atoms with van der Waals surface area (Å²) in [6.45, 7) is 5.21. The Morgan fingerprint density at radius 2 is 2.00 bits per heavy atom. The van der Waals surface area contributed by atoms with Crippen molar-refractivity contribution < 1.29 is 0 Å². The maximum Gasteiger partial charge on any atom is 0.0741 e. The van der Waals surface area contributed by atoms with Crippen molar-refractivity contribution >= 4 is 0 Å². The normalized spacial score (nSPS) is 19.4. The Labute approximate surface area is 75.9 Å². The summed E-state index contributed by atoms with van der Waals surface area (Å²) in [4.78, 5) is 0. The zero-order valence-corrected chi connectivity index (χ0v) is 8.19. The van der Waals surface area contributed by atoms with Crippen LogP contribution in [0.15, 0.2) is 0 Å². The molecule has 0 bridgehead atoms. The summed E-state index contributed by atoms with van der Waals surface area (Å²) in [5.74, 6) is 3.63. The van der Waals surface area contributed by atoms with E-state index in [1.165, 1.54) is 25.7 Å². The number of hydrogen-bond donors (Lipinski definition) is 1. The Morgan fingerprint density at radius 1 is 1.42 bits per heavy atom. The highest BCUT2D eigenvalue weighted by Gasteiger charge is 2.18. The summed E-state index contributed by atoms with van der Waals surface area (Å²) in [6.07, 6.45) is 11.0. The first-order valence-corrected chi connectivity index (χ1v) is 4.87. The monoisotopic (exact) mass is 165 g/mol. The van der Waals surface area contributed by atoms with E-state index in [0.29, 0.717) is 0 Å². The Kier molecular flexibility index (Phi) is 3.17. The Hall–Kier alpha value is -0.480. The van der Waals surface area contributed by atoms with Crippen LogP contribution in [0, 0.1) is 18.3 Å². The first-order chi connectivity index (χ1) is 5.64. The summed E-state index contributed by atoms with van der Waals surface area (Å²) in [6, 6.07) is 0. The smallest absolute Gasteiger partial charge is 0.0741 e. The lowest BCUT2D eigenvalue weighted by atomic mass is 10.0. The van der Waals surface area contributed by atoms with Gasteiger partial charge in [-0.15, -0.1) is 6.42 Å². The fourth-order valence-electron chi connectivity index (χ4n) is 1.67. The first kappa shape index (κ1) is 9.61. The standard InChI is InChI=1S/C11H19N/c1-4-11(2,3)12-9-10-7-5-6-8-10/h1,10,12H,5-9H2,2-3H3. The molecule has 0 aromatic carbocycles. The topological polar surface area (TPSA) is 12.0 Å². The van der Waals surface area contributed by atoms with Crippen LogP contribution in [0.1, 0.15) is 39.5 Å². The third-order valence-electron chi connectivity index (χ3n) is 2.67. The van der Waals surface area contributed by atoms with Gasteiger partial charge in [-0.3, -0.25) is 0 Å². The molecule has 0 radical (unpaired) electrons. The molecule has 0 spiro atoms. The molecule has 0 saturated heterocycles. The van der Waals surface area contributed by atoms with E-state index in [1.54, 1.807) is 0 Å². The maximum atomic E-state index is 5.38. The van der Waals surface area contributed by atoms with Crippen LogP contribution in [0.4, 0.5) is 0 Å². The van der Waals surface area contributed by atoms with Gasteiger partial charge in [0.15, 0.2) is 0 Å². The molecule has 0 atom stereocenters. The van der Waals surface area contributed by atoms with Crippen molar-refractivity contribution in [2.75, 3.05) is 6.54 Å². The van der Waals surface area contributed by atoms with Crippen LogP contribution in [0.3, 0.4) is 0 Å². The number of hydrogen-bond acceptors (Lipinski definition) is 1. The van der Waals surface area contributed by atoms with Crippen molar-refractivity contribution in [1.29, 1.82) is 0 Å². The van der Waals surface area contributed by atoms with Gasteiger partial charge in [-0.2, -0.15) is 0 Å². The highest BCUT2D eigenvalue weighted by atomic mass is 14.9. The summed E-state index contributed by atoms with van der Waals surface area (Å²) >= 11 is 0. The minimum Gasteiger partial charge on any atom is -0.301 e. The van der Waals surface area contributed by atoms with Gasteiger partial charge >= 0.3 is 0 Å². The minimum absolute atomic E-state index is 0.122. The van der Waals surface area contributed by atoms with Crippen LogP contribution in [0.2, 0.25) is 0 Å². The molecule has 1 saturated carbocycles. The second-order valence-corrected chi connectivity index (χ2v) is 4.30. The maximum absolute atomic E-state index is 5.38. The fourth-order valence-corrected chi connectivity index (χ4v) is 1.67. The van der Waals surface area contributed by atoms with Crippen LogP contribution in [0.25, 0.3) is 0 Å². The Bertz CT molecular complexity index is 170. The van der Waals surface area contributed by atoms with Crippen LogP contribution in [-0.2, 0) is 0 Å². The lowest BCUT2D eigenvalue weighted by molar-refractivity contribution is 0.414. The number of terminal acetylenes is 1. The van der Waals surface area contributed by atoms with Gasteiger partial charge in [0.05, 0.1) is 5.54 Å². The van der Waals surface area contributed by atoms with E-state index in [2.05, 4.69) is 25.1 Å². The third kappa shape index (κ3) is 2.87. The average Bonchev–Trinajstić information content (AvgIpc) is 2.53. The molecular formula is C11H19N. The molecule has 0 unspecified atom stereocenters. The predicted molar refractivity (Wildman–Crippen MR) is 52.9 cm³/mol. The molecule has 1 N–H and O–H groups in total. The molecule has 1 aliphatic carbocycles. The molecule has 1 heteroatoms. The van der Waals surface area contributed by atoms with Gasteiger partial charge in [0, 0.05) is 0 Å². The SMILES string of the molecule is C#CC(C)(C)NCC1CCCC1. The lowest BCUT2D eigenvalue weighted by Gasteiger charge is -2.22. The highest BCUT2D eigenvalue weighted by Crippen LogP contribution is 2.24. The second-order valence-electron chi connectivity index (χ2n) is 4.30. The quantitative estimate of drug-likeness (QED) is 0.632. The van der Waals surface area contributed by atoms with Crippen molar-refractivity contribution in [3.8, 4) is 12.3 Å². The van der Waals surface area contributed by atoms with Crippen LogP contribution in [-0.4, -0.2) is 12.1 Å². The number of nitrogens with one attached hydrogen (secondary N) is 1. The molecule has 0 aliphatic heterocycles. The van der Waals surface area contributed by atoms with Crippen molar-refractivity contribution in [2.24, 2.45) is 5.92 Å². The van der Waals surface area contributed by atoms with Gasteiger partial charge < -0.3 is 5.32 Å². The molecule has 1 fully saturated rings. The summed E-state index contributed by atoms with van der Waals surface area (Å²) in [7, 11) is 0. The van der Waals surface area contributed by atoms with E-state index in [-0.39, 0.29) is 5.54 Å². The Balaban J connectivity index is 2.21. The van der Waals surface area contributed by atoms with Gasteiger partial charge in [-0.05, 0) is 39.2 Å². The molecule has 1 nitrogen and oxygen atoms in total. The zero-order chi connectivity index (χ0) is 9.03. The summed E-state index contributed by atoms with van der Waals surface area (Å²) in [5.41, 5.74) is -0.122. The van der Waals surface area contributed by atoms with Gasteiger partial charge in [0.25, 0.3) is 0 Å². The van der Waals surface area contributed by atoms with Gasteiger partial charge in [0.1, 0.15) is 0 Å². The van der Waals surface area contributed by atoms with E-state index in [1.807, 2.05) is 0 Å². The molecule has 0 aromatic rings. The van der Waals surface area contributed by atoms with Gasteiger partial charge in [0.2, 0.25) is 0 Å². The molecule has 0 aromatic heterocycles. The molecule has 1 aliphatic rings. The summed E-state index contributed by atoms with van der Waals surface area (Å²) in [5, 5.41) is 3.41. The van der Waals surface area contributed by atoms with Crippen LogP contribution < -0.4 is 5.32 Å². The lowest BCUT2D eigenvalue weighted by Crippen LogP contribution is -2.40.